The van der Waals surface area contributed by atoms with E-state index in [9.17, 15) is 0 Å². The molecule has 0 fully saturated rings. The molecule has 3 heteroatoms. The molecule has 0 aromatic heterocycles. The number of ether oxygens (including phenoxy) is 1. The first-order valence-electron chi connectivity index (χ1n) is 6.07. The van der Waals surface area contributed by atoms with Crippen LogP contribution in [0.4, 0.5) is 0 Å². The number of benzene rings is 1. The zero-order chi connectivity index (χ0) is 12.5. The Labute approximate surface area is 103 Å². The molecule has 0 aliphatic rings. The predicted molar refractivity (Wildman–Crippen MR) is 68.9 cm³/mol. The molecule has 0 aliphatic carbocycles. The first kappa shape index (κ1) is 13.7. The fourth-order valence-corrected chi connectivity index (χ4v) is 1.63. The molecule has 0 amide bonds. The van der Waals surface area contributed by atoms with Gasteiger partial charge in [-0.1, -0.05) is 31.7 Å². The summed E-state index contributed by atoms with van der Waals surface area (Å²) in [4.78, 5) is 0. The Hall–Kier alpha value is -1.32. The topological polar surface area (TPSA) is 46.1 Å². The van der Waals surface area contributed by atoms with E-state index in [0.29, 0.717) is 6.61 Å². The number of para-hydroxylation sites is 1. The van der Waals surface area contributed by atoms with Crippen LogP contribution in [0.1, 0.15) is 18.9 Å². The van der Waals surface area contributed by atoms with E-state index in [1.165, 1.54) is 0 Å². The van der Waals surface area contributed by atoms with Crippen LogP contribution in [0.15, 0.2) is 36.9 Å². The molecule has 1 aromatic carbocycles. The minimum atomic E-state index is 0.214. The maximum atomic E-state index is 9.14. The summed E-state index contributed by atoms with van der Waals surface area (Å²) in [5.74, 6) is 0.899. The van der Waals surface area contributed by atoms with E-state index in [1.54, 1.807) is 6.08 Å². The maximum Gasteiger partial charge on any atom is 0.128 e. The second-order valence-corrected chi connectivity index (χ2v) is 4.00. The standard InChI is InChI=1S/C14H21NO2/c1-3-9-17-14-8-6-5-7-12(14)10-15-13(4-2)11-16/h3,5-8,13,15-16H,1,4,9-11H2,2H3/p+1/t13-/m1/s1. The van der Waals surface area contributed by atoms with Crippen LogP contribution < -0.4 is 10.1 Å². The third-order valence-corrected chi connectivity index (χ3v) is 2.76. The van der Waals surface area contributed by atoms with Crippen molar-refractivity contribution in [3.63, 3.8) is 0 Å². The largest absolute Gasteiger partial charge is 0.489 e. The molecule has 0 saturated carbocycles. The van der Waals surface area contributed by atoms with Crippen molar-refractivity contribution in [3.8, 4) is 5.75 Å². The Morgan fingerprint density at radius 2 is 2.24 bits per heavy atom. The van der Waals surface area contributed by atoms with Crippen molar-refractivity contribution in [1.82, 2.24) is 0 Å². The van der Waals surface area contributed by atoms with Crippen LogP contribution in [-0.4, -0.2) is 24.4 Å². The van der Waals surface area contributed by atoms with Crippen LogP contribution in [0, 0.1) is 0 Å². The second-order valence-electron chi connectivity index (χ2n) is 4.00. The normalized spacial score (nSPS) is 12.1. The third kappa shape index (κ3) is 4.59. The van der Waals surface area contributed by atoms with Crippen molar-refractivity contribution in [2.75, 3.05) is 13.2 Å². The van der Waals surface area contributed by atoms with E-state index in [-0.39, 0.29) is 12.6 Å². The highest BCUT2D eigenvalue weighted by Crippen LogP contribution is 2.16. The number of hydrogen-bond acceptors (Lipinski definition) is 2. The molecule has 0 bridgehead atoms. The van der Waals surface area contributed by atoms with E-state index >= 15 is 0 Å². The minimum Gasteiger partial charge on any atom is -0.489 e. The molecule has 0 aliphatic heterocycles. The van der Waals surface area contributed by atoms with Gasteiger partial charge in [0.1, 0.15) is 24.9 Å². The van der Waals surface area contributed by atoms with E-state index in [1.807, 2.05) is 18.2 Å². The Bertz CT molecular complexity index is 335. The molecule has 0 saturated heterocycles. The number of aliphatic hydroxyl groups is 1. The first-order chi connectivity index (χ1) is 8.31. The Morgan fingerprint density at radius 1 is 1.47 bits per heavy atom. The predicted octanol–water partition coefficient (Wildman–Crippen LogP) is 1.09. The SMILES string of the molecule is C=CCOc1ccccc1C[NH2+][C@H](CC)CO. The summed E-state index contributed by atoms with van der Waals surface area (Å²) in [5.41, 5.74) is 1.15. The average molecular weight is 236 g/mol. The lowest BCUT2D eigenvalue weighted by atomic mass is 10.1. The number of nitrogens with two attached hydrogens (primary N) is 1. The van der Waals surface area contributed by atoms with Gasteiger partial charge in [-0.05, 0) is 18.6 Å². The summed E-state index contributed by atoms with van der Waals surface area (Å²) in [6.07, 6.45) is 2.70. The van der Waals surface area contributed by atoms with Gasteiger partial charge in [0, 0.05) is 5.56 Å². The number of rotatable bonds is 8. The van der Waals surface area contributed by atoms with Crippen LogP contribution in [-0.2, 0) is 6.54 Å². The highest BCUT2D eigenvalue weighted by atomic mass is 16.5. The van der Waals surface area contributed by atoms with Crippen LogP contribution in [0.25, 0.3) is 0 Å². The average Bonchev–Trinajstić information content (AvgIpc) is 2.38. The summed E-state index contributed by atoms with van der Waals surface area (Å²) in [5, 5.41) is 11.3. The van der Waals surface area contributed by atoms with Crippen molar-refractivity contribution in [3.05, 3.63) is 42.5 Å². The Balaban J connectivity index is 2.59. The molecule has 1 aromatic rings. The molecule has 0 radical (unpaired) electrons. The highest BCUT2D eigenvalue weighted by molar-refractivity contribution is 5.32. The van der Waals surface area contributed by atoms with Gasteiger partial charge in [-0.2, -0.15) is 0 Å². The van der Waals surface area contributed by atoms with E-state index < -0.39 is 0 Å². The molecule has 0 unspecified atom stereocenters. The van der Waals surface area contributed by atoms with Gasteiger partial charge in [-0.3, -0.25) is 0 Å². The minimum absolute atomic E-state index is 0.214. The second kappa shape index (κ2) is 7.87. The lowest BCUT2D eigenvalue weighted by molar-refractivity contribution is -0.706. The summed E-state index contributed by atoms with van der Waals surface area (Å²) in [6, 6.07) is 8.25. The van der Waals surface area contributed by atoms with E-state index in [4.69, 9.17) is 9.84 Å². The van der Waals surface area contributed by atoms with Crippen molar-refractivity contribution in [1.29, 1.82) is 0 Å². The lowest BCUT2D eigenvalue weighted by Gasteiger charge is -2.13. The summed E-state index contributed by atoms with van der Waals surface area (Å²) in [6.45, 7) is 7.28. The molecule has 17 heavy (non-hydrogen) atoms. The zero-order valence-corrected chi connectivity index (χ0v) is 10.4. The van der Waals surface area contributed by atoms with Gasteiger partial charge >= 0.3 is 0 Å². The smallest absolute Gasteiger partial charge is 0.128 e. The first-order valence-corrected chi connectivity index (χ1v) is 6.07. The molecule has 94 valence electrons. The number of aliphatic hydroxyl groups excluding tert-OH is 1. The van der Waals surface area contributed by atoms with Gasteiger partial charge in [-0.25, -0.2) is 0 Å². The van der Waals surface area contributed by atoms with Gasteiger partial charge in [0.25, 0.3) is 0 Å². The third-order valence-electron chi connectivity index (χ3n) is 2.76. The van der Waals surface area contributed by atoms with Gasteiger partial charge in [0.2, 0.25) is 0 Å². The Kier molecular flexibility index (Phi) is 6.37. The summed E-state index contributed by atoms with van der Waals surface area (Å²) < 4.78 is 5.59. The quantitative estimate of drug-likeness (QED) is 0.664. The van der Waals surface area contributed by atoms with Crippen molar-refractivity contribution < 1.29 is 15.2 Å². The Morgan fingerprint density at radius 3 is 2.88 bits per heavy atom. The summed E-state index contributed by atoms with van der Waals surface area (Å²) >= 11 is 0. The van der Waals surface area contributed by atoms with Crippen LogP contribution in [0.5, 0.6) is 5.75 Å². The summed E-state index contributed by atoms with van der Waals surface area (Å²) in [7, 11) is 0. The van der Waals surface area contributed by atoms with Crippen molar-refractivity contribution in [2.45, 2.75) is 25.9 Å². The van der Waals surface area contributed by atoms with E-state index in [0.717, 1.165) is 24.3 Å². The van der Waals surface area contributed by atoms with Gasteiger partial charge in [0.05, 0.1) is 6.61 Å². The van der Waals surface area contributed by atoms with Crippen LogP contribution in [0.2, 0.25) is 0 Å². The molecule has 0 heterocycles. The monoisotopic (exact) mass is 236 g/mol. The maximum absolute atomic E-state index is 9.14. The van der Waals surface area contributed by atoms with Gasteiger partial charge < -0.3 is 15.2 Å². The van der Waals surface area contributed by atoms with Gasteiger partial charge in [-0.15, -0.1) is 0 Å². The molecular formula is C14H22NO2+. The molecule has 3 N–H and O–H groups in total. The molecule has 3 nitrogen and oxygen atoms in total. The molecular weight excluding hydrogens is 214 g/mol. The van der Waals surface area contributed by atoms with E-state index in [2.05, 4.69) is 24.9 Å². The van der Waals surface area contributed by atoms with Gasteiger partial charge in [0.15, 0.2) is 0 Å². The molecule has 0 spiro atoms. The highest BCUT2D eigenvalue weighted by Gasteiger charge is 2.09. The lowest BCUT2D eigenvalue weighted by Crippen LogP contribution is -2.89. The molecule has 1 rings (SSSR count). The fraction of sp³-hybridized carbons (Fsp3) is 0.429. The van der Waals surface area contributed by atoms with Crippen LogP contribution in [0.3, 0.4) is 0 Å². The fourth-order valence-electron chi connectivity index (χ4n) is 1.63. The van der Waals surface area contributed by atoms with Crippen LogP contribution >= 0.6 is 0 Å². The van der Waals surface area contributed by atoms with Crippen molar-refractivity contribution in [2.24, 2.45) is 0 Å². The number of hydrogen-bond donors (Lipinski definition) is 2. The number of quaternary nitrogens is 1. The zero-order valence-electron chi connectivity index (χ0n) is 10.4. The molecule has 1 atom stereocenters. The van der Waals surface area contributed by atoms with Crippen molar-refractivity contribution >= 4 is 0 Å².